The van der Waals surface area contributed by atoms with Gasteiger partial charge in [-0.3, -0.25) is 4.18 Å². The summed E-state index contributed by atoms with van der Waals surface area (Å²) in [7, 11) is -3.55. The van der Waals surface area contributed by atoms with E-state index >= 15 is 0 Å². The van der Waals surface area contributed by atoms with Crippen molar-refractivity contribution in [2.24, 2.45) is 5.73 Å². The molecule has 0 aromatic heterocycles. The average molecular weight is 303 g/mol. The first-order valence-corrected chi connectivity index (χ1v) is 8.65. The summed E-state index contributed by atoms with van der Waals surface area (Å²) in [6.07, 6.45) is 9.33. The molecular weight excluding hydrogens is 273 g/mol. The van der Waals surface area contributed by atoms with E-state index in [4.69, 9.17) is 9.92 Å². The van der Waals surface area contributed by atoms with Gasteiger partial charge in [0.15, 0.2) is 0 Å². The number of nitrogens with two attached hydrogens (primary N) is 1. The van der Waals surface area contributed by atoms with Crippen molar-refractivity contribution < 1.29 is 12.6 Å². The quantitative estimate of drug-likeness (QED) is 0.342. The Morgan fingerprint density at radius 2 is 1.47 bits per heavy atom. The molecule has 0 aromatic rings. The molecule has 0 bridgehead atoms. The fraction of sp³-hybridized carbons (Fsp3) is 1.00. The Morgan fingerprint density at radius 3 is 2.00 bits per heavy atom. The molecule has 0 rings (SSSR count). The van der Waals surface area contributed by atoms with E-state index in [1.165, 1.54) is 32.1 Å². The van der Waals surface area contributed by atoms with E-state index in [2.05, 4.69) is 6.92 Å². The van der Waals surface area contributed by atoms with Crippen LogP contribution in [0.2, 0.25) is 0 Å². The van der Waals surface area contributed by atoms with Crippen molar-refractivity contribution in [3.63, 3.8) is 0 Å². The Bertz CT molecular complexity index is 284. The SMILES string of the molecule is CCCCCCCCCC(N)S(=O)(=O)OCCC.[NaH]. The van der Waals surface area contributed by atoms with Gasteiger partial charge in [-0.25, -0.2) is 0 Å². The Kier molecular flexibility index (Phi) is 16.1. The number of hydrogen-bond acceptors (Lipinski definition) is 4. The van der Waals surface area contributed by atoms with Crippen LogP contribution in [0.4, 0.5) is 0 Å². The molecule has 0 amide bonds. The third-order valence-corrected chi connectivity index (χ3v) is 4.39. The number of rotatable bonds is 12. The molecule has 0 saturated carbocycles. The van der Waals surface area contributed by atoms with Crippen molar-refractivity contribution >= 4 is 39.7 Å². The molecule has 1 atom stereocenters. The van der Waals surface area contributed by atoms with Crippen LogP contribution in [0.15, 0.2) is 0 Å². The first-order valence-electron chi connectivity index (χ1n) is 7.18. The van der Waals surface area contributed by atoms with Gasteiger partial charge in [0.2, 0.25) is 0 Å². The van der Waals surface area contributed by atoms with E-state index < -0.39 is 15.5 Å². The van der Waals surface area contributed by atoms with Crippen LogP contribution in [0.5, 0.6) is 0 Å². The molecule has 0 saturated heterocycles. The average Bonchev–Trinajstić information content (AvgIpc) is 2.35. The van der Waals surface area contributed by atoms with Gasteiger partial charge in [0, 0.05) is 0 Å². The maximum absolute atomic E-state index is 11.5. The molecule has 1 unspecified atom stereocenters. The van der Waals surface area contributed by atoms with E-state index in [0.717, 1.165) is 12.8 Å². The summed E-state index contributed by atoms with van der Waals surface area (Å²) in [6.45, 7) is 4.30. The Morgan fingerprint density at radius 1 is 0.947 bits per heavy atom. The Labute approximate surface area is 141 Å². The third-order valence-electron chi connectivity index (χ3n) is 2.91. The molecule has 4 nitrogen and oxygen atoms in total. The van der Waals surface area contributed by atoms with Crippen LogP contribution in [-0.2, 0) is 14.3 Å². The second kappa shape index (κ2) is 13.8. The van der Waals surface area contributed by atoms with Crippen LogP contribution >= 0.6 is 0 Å². The molecule has 0 aliphatic carbocycles. The van der Waals surface area contributed by atoms with Crippen molar-refractivity contribution in [2.75, 3.05) is 6.61 Å². The predicted octanol–water partition coefficient (Wildman–Crippen LogP) is 2.52. The standard InChI is InChI=1S/C13H29NO3S.Na.H/c1-3-5-6-7-8-9-10-11-13(14)18(15,16)17-12-4-2;;/h13H,3-12,14H2,1-2H3;;. The summed E-state index contributed by atoms with van der Waals surface area (Å²) < 4.78 is 27.9. The van der Waals surface area contributed by atoms with E-state index in [1.807, 2.05) is 6.92 Å². The minimum atomic E-state index is -3.55. The summed E-state index contributed by atoms with van der Waals surface area (Å²) in [5, 5.41) is -0.861. The van der Waals surface area contributed by atoms with Crippen LogP contribution in [0.3, 0.4) is 0 Å². The molecule has 0 aliphatic rings. The summed E-state index contributed by atoms with van der Waals surface area (Å²) in [4.78, 5) is 0. The third kappa shape index (κ3) is 12.3. The van der Waals surface area contributed by atoms with E-state index in [0.29, 0.717) is 12.8 Å². The zero-order valence-electron chi connectivity index (χ0n) is 11.9. The molecule has 112 valence electrons. The first-order chi connectivity index (χ1) is 8.54. The Hall–Kier alpha value is 0.870. The van der Waals surface area contributed by atoms with Gasteiger partial charge in [0.05, 0.1) is 6.61 Å². The van der Waals surface area contributed by atoms with Crippen molar-refractivity contribution in [1.29, 1.82) is 0 Å². The van der Waals surface area contributed by atoms with Crippen LogP contribution in [0, 0.1) is 0 Å². The molecule has 0 spiro atoms. The van der Waals surface area contributed by atoms with Gasteiger partial charge in [-0.1, -0.05) is 58.8 Å². The maximum atomic E-state index is 11.5. The van der Waals surface area contributed by atoms with Crippen molar-refractivity contribution in [1.82, 2.24) is 0 Å². The number of unbranched alkanes of at least 4 members (excludes halogenated alkanes) is 6. The summed E-state index contributed by atoms with van der Waals surface area (Å²) in [5.74, 6) is 0. The predicted molar refractivity (Wildman–Crippen MR) is 82.9 cm³/mol. The van der Waals surface area contributed by atoms with Gasteiger partial charge in [-0.05, 0) is 12.8 Å². The molecule has 19 heavy (non-hydrogen) atoms. The normalized spacial score (nSPS) is 13.0. The van der Waals surface area contributed by atoms with Gasteiger partial charge >= 0.3 is 29.6 Å². The minimum absolute atomic E-state index is 0. The van der Waals surface area contributed by atoms with Gasteiger partial charge in [0.1, 0.15) is 5.37 Å². The molecule has 0 heterocycles. The van der Waals surface area contributed by atoms with Crippen LogP contribution < -0.4 is 5.73 Å². The zero-order chi connectivity index (χ0) is 13.9. The van der Waals surface area contributed by atoms with Crippen molar-refractivity contribution in [2.45, 2.75) is 77.0 Å². The van der Waals surface area contributed by atoms with Crippen LogP contribution in [-0.4, -0.2) is 50.0 Å². The van der Waals surface area contributed by atoms with Gasteiger partial charge in [-0.2, -0.15) is 8.42 Å². The molecule has 0 aliphatic heterocycles. The molecule has 0 fully saturated rings. The summed E-state index contributed by atoms with van der Waals surface area (Å²) >= 11 is 0. The van der Waals surface area contributed by atoms with E-state index in [-0.39, 0.29) is 36.2 Å². The van der Waals surface area contributed by atoms with Crippen LogP contribution in [0.25, 0.3) is 0 Å². The summed E-state index contributed by atoms with van der Waals surface area (Å²) in [5.41, 5.74) is 5.64. The second-order valence-corrected chi connectivity index (χ2v) is 6.59. The van der Waals surface area contributed by atoms with Gasteiger partial charge in [0.25, 0.3) is 10.1 Å². The van der Waals surface area contributed by atoms with Crippen LogP contribution in [0.1, 0.15) is 71.6 Å². The zero-order valence-corrected chi connectivity index (χ0v) is 12.7. The fourth-order valence-corrected chi connectivity index (χ4v) is 2.76. The van der Waals surface area contributed by atoms with Gasteiger partial charge in [-0.15, -0.1) is 0 Å². The molecule has 2 N–H and O–H groups in total. The van der Waals surface area contributed by atoms with E-state index in [1.54, 1.807) is 0 Å². The Balaban J connectivity index is 0. The summed E-state index contributed by atoms with van der Waals surface area (Å²) in [6, 6.07) is 0. The molecule has 0 radical (unpaired) electrons. The monoisotopic (exact) mass is 303 g/mol. The fourth-order valence-electron chi connectivity index (χ4n) is 1.73. The van der Waals surface area contributed by atoms with Gasteiger partial charge < -0.3 is 5.73 Å². The topological polar surface area (TPSA) is 69.4 Å². The molecule has 0 aromatic carbocycles. The molecular formula is C13H30NNaO3S. The van der Waals surface area contributed by atoms with Crippen molar-refractivity contribution in [3.8, 4) is 0 Å². The number of hydrogen-bond donors (Lipinski definition) is 1. The van der Waals surface area contributed by atoms with Crippen molar-refractivity contribution in [3.05, 3.63) is 0 Å². The molecule has 6 heteroatoms. The first kappa shape index (κ1) is 22.2. The van der Waals surface area contributed by atoms with E-state index in [9.17, 15) is 8.42 Å². The second-order valence-electron chi connectivity index (χ2n) is 4.76.